The van der Waals surface area contributed by atoms with E-state index < -0.39 is 0 Å². The van der Waals surface area contributed by atoms with Crippen LogP contribution in [0.2, 0.25) is 0 Å². The molecule has 1 aliphatic heterocycles. The SMILES string of the molecule is CC1(C)CC(=O)NCCN1Cc1ccccc1. The van der Waals surface area contributed by atoms with Crippen molar-refractivity contribution >= 4 is 5.91 Å². The van der Waals surface area contributed by atoms with Gasteiger partial charge in [-0.2, -0.15) is 0 Å². The molecule has 3 nitrogen and oxygen atoms in total. The number of rotatable bonds is 2. The molecule has 0 atom stereocenters. The molecule has 1 amide bonds. The first kappa shape index (κ1) is 12.1. The van der Waals surface area contributed by atoms with E-state index in [0.29, 0.717) is 6.42 Å². The molecule has 0 radical (unpaired) electrons. The van der Waals surface area contributed by atoms with Gasteiger partial charge in [-0.25, -0.2) is 0 Å². The minimum absolute atomic E-state index is 0.0730. The van der Waals surface area contributed by atoms with Crippen molar-refractivity contribution in [3.05, 3.63) is 35.9 Å². The quantitative estimate of drug-likeness (QED) is 0.843. The van der Waals surface area contributed by atoms with Crippen molar-refractivity contribution in [3.8, 4) is 0 Å². The van der Waals surface area contributed by atoms with Gasteiger partial charge in [0.2, 0.25) is 5.91 Å². The zero-order valence-electron chi connectivity index (χ0n) is 10.6. The summed E-state index contributed by atoms with van der Waals surface area (Å²) in [5.41, 5.74) is 1.23. The van der Waals surface area contributed by atoms with Crippen LogP contribution in [-0.4, -0.2) is 29.4 Å². The van der Waals surface area contributed by atoms with Crippen molar-refractivity contribution in [2.24, 2.45) is 0 Å². The third kappa shape index (κ3) is 3.07. The summed E-state index contributed by atoms with van der Waals surface area (Å²) in [4.78, 5) is 13.9. The second kappa shape index (κ2) is 4.88. The van der Waals surface area contributed by atoms with E-state index in [-0.39, 0.29) is 11.4 Å². The number of nitrogens with zero attached hydrogens (tertiary/aromatic N) is 1. The Morgan fingerprint density at radius 1 is 1.29 bits per heavy atom. The Balaban J connectivity index is 2.11. The second-order valence-corrected chi connectivity index (χ2v) is 5.25. The predicted molar refractivity (Wildman–Crippen MR) is 68.6 cm³/mol. The predicted octanol–water partition coefficient (Wildman–Crippen LogP) is 1.79. The molecular formula is C14H20N2O. The van der Waals surface area contributed by atoms with E-state index in [9.17, 15) is 4.79 Å². The first-order valence-corrected chi connectivity index (χ1v) is 6.14. The molecule has 0 aromatic heterocycles. The Morgan fingerprint density at radius 2 is 2.00 bits per heavy atom. The fourth-order valence-corrected chi connectivity index (χ4v) is 2.30. The third-order valence-corrected chi connectivity index (χ3v) is 3.37. The van der Waals surface area contributed by atoms with Crippen LogP contribution in [-0.2, 0) is 11.3 Å². The van der Waals surface area contributed by atoms with Crippen LogP contribution in [0.4, 0.5) is 0 Å². The molecule has 1 heterocycles. The van der Waals surface area contributed by atoms with E-state index in [2.05, 4.69) is 48.3 Å². The van der Waals surface area contributed by atoms with Crippen molar-refractivity contribution in [1.82, 2.24) is 10.2 Å². The van der Waals surface area contributed by atoms with Gasteiger partial charge in [0.1, 0.15) is 0 Å². The fraction of sp³-hybridized carbons (Fsp3) is 0.500. The van der Waals surface area contributed by atoms with Crippen LogP contribution in [0.1, 0.15) is 25.8 Å². The van der Waals surface area contributed by atoms with Crippen LogP contribution >= 0.6 is 0 Å². The van der Waals surface area contributed by atoms with Crippen LogP contribution in [0.5, 0.6) is 0 Å². The molecule has 1 N–H and O–H groups in total. The van der Waals surface area contributed by atoms with Crippen molar-refractivity contribution in [2.45, 2.75) is 32.4 Å². The van der Waals surface area contributed by atoms with Gasteiger partial charge in [-0.05, 0) is 19.4 Å². The minimum Gasteiger partial charge on any atom is -0.355 e. The van der Waals surface area contributed by atoms with Crippen LogP contribution in [0.25, 0.3) is 0 Å². The van der Waals surface area contributed by atoms with E-state index in [0.717, 1.165) is 19.6 Å². The largest absolute Gasteiger partial charge is 0.355 e. The highest BCUT2D eigenvalue weighted by Gasteiger charge is 2.31. The lowest BCUT2D eigenvalue weighted by Gasteiger charge is -2.36. The molecule has 0 saturated carbocycles. The van der Waals surface area contributed by atoms with Gasteiger partial charge in [-0.1, -0.05) is 30.3 Å². The summed E-state index contributed by atoms with van der Waals surface area (Å²) in [6, 6.07) is 10.4. The summed E-state index contributed by atoms with van der Waals surface area (Å²) >= 11 is 0. The number of hydrogen-bond acceptors (Lipinski definition) is 2. The molecule has 1 fully saturated rings. The lowest BCUT2D eigenvalue weighted by Crippen LogP contribution is -2.44. The van der Waals surface area contributed by atoms with E-state index in [1.807, 2.05) is 6.07 Å². The van der Waals surface area contributed by atoms with Gasteiger partial charge in [0.05, 0.1) is 0 Å². The summed E-state index contributed by atoms with van der Waals surface area (Å²) in [6.07, 6.45) is 0.569. The lowest BCUT2D eigenvalue weighted by molar-refractivity contribution is -0.122. The van der Waals surface area contributed by atoms with Crippen molar-refractivity contribution in [2.75, 3.05) is 13.1 Å². The van der Waals surface area contributed by atoms with Gasteiger partial charge in [0, 0.05) is 31.6 Å². The molecule has 92 valence electrons. The van der Waals surface area contributed by atoms with Crippen LogP contribution in [0.3, 0.4) is 0 Å². The number of nitrogens with one attached hydrogen (secondary N) is 1. The van der Waals surface area contributed by atoms with Crippen LogP contribution in [0.15, 0.2) is 30.3 Å². The summed E-state index contributed by atoms with van der Waals surface area (Å²) in [5.74, 6) is 0.158. The Bertz CT molecular complexity index is 386. The molecule has 1 aliphatic rings. The molecule has 2 rings (SSSR count). The summed E-state index contributed by atoms with van der Waals surface area (Å²) < 4.78 is 0. The van der Waals surface area contributed by atoms with Gasteiger partial charge >= 0.3 is 0 Å². The van der Waals surface area contributed by atoms with Gasteiger partial charge in [-0.15, -0.1) is 0 Å². The normalized spacial score (nSPS) is 20.7. The summed E-state index contributed by atoms with van der Waals surface area (Å²) in [6.45, 7) is 6.84. The first-order valence-electron chi connectivity index (χ1n) is 6.14. The molecule has 0 unspecified atom stereocenters. The molecule has 3 heteroatoms. The van der Waals surface area contributed by atoms with E-state index >= 15 is 0 Å². The number of carbonyl (C=O) groups is 1. The maximum absolute atomic E-state index is 11.6. The molecule has 0 bridgehead atoms. The first-order chi connectivity index (χ1) is 8.08. The maximum Gasteiger partial charge on any atom is 0.221 e. The van der Waals surface area contributed by atoms with E-state index in [4.69, 9.17) is 0 Å². The average molecular weight is 232 g/mol. The minimum atomic E-state index is -0.0730. The lowest BCUT2D eigenvalue weighted by atomic mass is 9.97. The highest BCUT2D eigenvalue weighted by molar-refractivity contribution is 5.77. The zero-order chi connectivity index (χ0) is 12.3. The number of amides is 1. The molecule has 0 aliphatic carbocycles. The Kier molecular flexibility index (Phi) is 3.48. The van der Waals surface area contributed by atoms with Gasteiger partial charge in [0.15, 0.2) is 0 Å². The molecule has 1 aromatic carbocycles. The third-order valence-electron chi connectivity index (χ3n) is 3.37. The average Bonchev–Trinajstić information content (AvgIpc) is 2.39. The van der Waals surface area contributed by atoms with Crippen LogP contribution < -0.4 is 5.32 Å². The topological polar surface area (TPSA) is 32.3 Å². The van der Waals surface area contributed by atoms with Crippen molar-refractivity contribution in [3.63, 3.8) is 0 Å². The fourth-order valence-electron chi connectivity index (χ4n) is 2.30. The molecule has 1 saturated heterocycles. The number of carbonyl (C=O) groups excluding carboxylic acids is 1. The standard InChI is InChI=1S/C14H20N2O/c1-14(2)10-13(17)15-8-9-16(14)11-12-6-4-3-5-7-12/h3-7H,8-11H2,1-2H3,(H,15,17). The summed E-state index contributed by atoms with van der Waals surface area (Å²) in [5, 5.41) is 2.94. The number of hydrogen-bond donors (Lipinski definition) is 1. The highest BCUT2D eigenvalue weighted by Crippen LogP contribution is 2.22. The smallest absolute Gasteiger partial charge is 0.221 e. The Morgan fingerprint density at radius 3 is 2.71 bits per heavy atom. The second-order valence-electron chi connectivity index (χ2n) is 5.25. The number of benzene rings is 1. The van der Waals surface area contributed by atoms with Gasteiger partial charge in [0.25, 0.3) is 0 Å². The Labute approximate surface area is 103 Å². The molecule has 1 aromatic rings. The molecule has 17 heavy (non-hydrogen) atoms. The van der Waals surface area contributed by atoms with Gasteiger partial charge < -0.3 is 5.32 Å². The van der Waals surface area contributed by atoms with Gasteiger partial charge in [-0.3, -0.25) is 9.69 Å². The zero-order valence-corrected chi connectivity index (χ0v) is 10.6. The Hall–Kier alpha value is -1.35. The van der Waals surface area contributed by atoms with Crippen molar-refractivity contribution in [1.29, 1.82) is 0 Å². The van der Waals surface area contributed by atoms with Crippen molar-refractivity contribution < 1.29 is 4.79 Å². The van der Waals surface area contributed by atoms with E-state index in [1.54, 1.807) is 0 Å². The summed E-state index contributed by atoms with van der Waals surface area (Å²) in [7, 11) is 0. The maximum atomic E-state index is 11.6. The van der Waals surface area contributed by atoms with E-state index in [1.165, 1.54) is 5.56 Å². The highest BCUT2D eigenvalue weighted by atomic mass is 16.1. The molecular weight excluding hydrogens is 212 g/mol. The monoisotopic (exact) mass is 232 g/mol. The van der Waals surface area contributed by atoms with Crippen LogP contribution in [0, 0.1) is 0 Å². The molecule has 0 spiro atoms.